The summed E-state index contributed by atoms with van der Waals surface area (Å²) < 4.78 is 0. The number of nitrogens with zero attached hydrogens (tertiary/aromatic N) is 1. The molecule has 0 aromatic rings. The van der Waals surface area contributed by atoms with Gasteiger partial charge in [-0.25, -0.2) is 0 Å². The number of nitrogens with one attached hydrogen (secondary N) is 1. The lowest BCUT2D eigenvalue weighted by molar-refractivity contribution is -0.137. The molecule has 2 aliphatic heterocycles. The maximum absolute atomic E-state index is 12.2. The Balaban J connectivity index is 2.21. The molecule has 2 saturated heterocycles. The van der Waals surface area contributed by atoms with E-state index in [4.69, 9.17) is 0 Å². The lowest BCUT2D eigenvalue weighted by Gasteiger charge is -2.47. The van der Waals surface area contributed by atoms with Gasteiger partial charge >= 0.3 is 0 Å². The molecule has 0 bridgehead atoms. The molecule has 0 aliphatic carbocycles. The number of ketones is 1. The number of hydrogen-bond donors (Lipinski definition) is 1. The molecule has 2 aliphatic rings. The molecule has 2 heterocycles. The van der Waals surface area contributed by atoms with Gasteiger partial charge in [-0.3, -0.25) is 9.69 Å². The van der Waals surface area contributed by atoms with E-state index in [9.17, 15) is 4.79 Å². The molecular weight excluding hydrogens is 200 g/mol. The Kier molecular flexibility index (Phi) is 2.87. The summed E-state index contributed by atoms with van der Waals surface area (Å²) >= 11 is 0. The minimum Gasteiger partial charge on any atom is -0.315 e. The van der Waals surface area contributed by atoms with E-state index < -0.39 is 0 Å². The quantitative estimate of drug-likeness (QED) is 0.673. The summed E-state index contributed by atoms with van der Waals surface area (Å²) in [6.07, 6.45) is 0.725. The van der Waals surface area contributed by atoms with Crippen molar-refractivity contribution in [1.29, 1.82) is 0 Å². The Hall–Kier alpha value is -0.410. The monoisotopic (exact) mass is 224 g/mol. The predicted molar refractivity (Wildman–Crippen MR) is 65.4 cm³/mol. The number of piperidine rings is 1. The zero-order valence-electron chi connectivity index (χ0n) is 11.0. The van der Waals surface area contributed by atoms with Gasteiger partial charge in [0.2, 0.25) is 0 Å². The van der Waals surface area contributed by atoms with Crippen LogP contribution in [0.5, 0.6) is 0 Å². The topological polar surface area (TPSA) is 32.3 Å². The van der Waals surface area contributed by atoms with Gasteiger partial charge in [0.15, 0.2) is 0 Å². The van der Waals surface area contributed by atoms with Crippen LogP contribution >= 0.6 is 0 Å². The Morgan fingerprint density at radius 1 is 1.44 bits per heavy atom. The second-order valence-corrected chi connectivity index (χ2v) is 6.45. The average Bonchev–Trinajstić information content (AvgIpc) is 2.52. The molecule has 2 fully saturated rings. The van der Waals surface area contributed by atoms with Gasteiger partial charge in [-0.15, -0.1) is 0 Å². The first-order valence-electron chi connectivity index (χ1n) is 6.35. The minimum absolute atomic E-state index is 0.106. The normalized spacial score (nSPS) is 37.2. The van der Waals surface area contributed by atoms with Gasteiger partial charge in [0.25, 0.3) is 0 Å². The molecule has 1 spiro atoms. The van der Waals surface area contributed by atoms with Crippen LogP contribution in [-0.4, -0.2) is 42.4 Å². The highest BCUT2D eigenvalue weighted by atomic mass is 16.1. The Morgan fingerprint density at radius 3 is 2.62 bits per heavy atom. The van der Waals surface area contributed by atoms with E-state index in [1.807, 2.05) is 0 Å². The fraction of sp³-hybridized carbons (Fsp3) is 0.923. The summed E-state index contributed by atoms with van der Waals surface area (Å²) in [5.74, 6) is 0.954. The van der Waals surface area contributed by atoms with Crippen LogP contribution in [0.3, 0.4) is 0 Å². The van der Waals surface area contributed by atoms with Crippen LogP contribution in [0.4, 0.5) is 0 Å². The van der Waals surface area contributed by atoms with Gasteiger partial charge in [-0.05, 0) is 33.2 Å². The number of carbonyl (C=O) groups is 1. The highest BCUT2D eigenvalue weighted by Crippen LogP contribution is 2.39. The second kappa shape index (κ2) is 3.81. The molecule has 2 rings (SSSR count). The van der Waals surface area contributed by atoms with E-state index in [0.717, 1.165) is 32.6 Å². The maximum atomic E-state index is 12.2. The number of rotatable bonds is 0. The molecule has 0 radical (unpaired) electrons. The summed E-state index contributed by atoms with van der Waals surface area (Å²) in [5, 5.41) is 3.39. The first kappa shape index (κ1) is 12.1. The third kappa shape index (κ3) is 1.80. The van der Waals surface area contributed by atoms with Crippen LogP contribution in [0.1, 0.15) is 34.1 Å². The molecule has 2 unspecified atom stereocenters. The largest absolute Gasteiger partial charge is 0.315 e. The molecule has 16 heavy (non-hydrogen) atoms. The zero-order valence-corrected chi connectivity index (χ0v) is 11.0. The molecular formula is C13H24N2O. The van der Waals surface area contributed by atoms with Crippen molar-refractivity contribution in [3.05, 3.63) is 0 Å². The first-order chi connectivity index (χ1) is 7.36. The van der Waals surface area contributed by atoms with Gasteiger partial charge < -0.3 is 5.32 Å². The first-order valence-corrected chi connectivity index (χ1v) is 6.35. The second-order valence-electron chi connectivity index (χ2n) is 6.45. The van der Waals surface area contributed by atoms with Crippen LogP contribution in [-0.2, 0) is 4.79 Å². The highest BCUT2D eigenvalue weighted by Gasteiger charge is 2.50. The van der Waals surface area contributed by atoms with Gasteiger partial charge in [-0.2, -0.15) is 0 Å². The Labute approximate surface area is 98.6 Å². The maximum Gasteiger partial charge on any atom is 0.143 e. The molecule has 3 nitrogen and oxygen atoms in total. The molecule has 0 saturated carbocycles. The Bertz CT molecular complexity index is 295. The van der Waals surface area contributed by atoms with Crippen LogP contribution < -0.4 is 5.32 Å². The average molecular weight is 224 g/mol. The third-order valence-electron chi connectivity index (χ3n) is 4.42. The van der Waals surface area contributed by atoms with E-state index in [0.29, 0.717) is 11.7 Å². The molecule has 0 aromatic carbocycles. The Morgan fingerprint density at radius 2 is 2.12 bits per heavy atom. The van der Waals surface area contributed by atoms with Gasteiger partial charge in [0, 0.05) is 31.6 Å². The summed E-state index contributed by atoms with van der Waals surface area (Å²) in [7, 11) is 0. The number of Topliss-reactive ketones (excluding diaryl/α,β-unsaturated/α-hetero) is 1. The fourth-order valence-corrected chi connectivity index (χ4v) is 3.03. The number of likely N-dealkylation sites (tertiary alicyclic amines) is 1. The third-order valence-corrected chi connectivity index (χ3v) is 4.42. The van der Waals surface area contributed by atoms with Gasteiger partial charge in [-0.1, -0.05) is 6.92 Å². The molecule has 2 atom stereocenters. The number of hydrogen-bond acceptors (Lipinski definition) is 3. The molecule has 3 heteroatoms. The van der Waals surface area contributed by atoms with Crippen molar-refractivity contribution in [2.45, 2.75) is 39.7 Å². The van der Waals surface area contributed by atoms with E-state index in [1.165, 1.54) is 0 Å². The van der Waals surface area contributed by atoms with Crippen LogP contribution in [0, 0.1) is 11.3 Å². The molecule has 0 amide bonds. The van der Waals surface area contributed by atoms with Crippen molar-refractivity contribution in [1.82, 2.24) is 10.2 Å². The van der Waals surface area contributed by atoms with Crippen molar-refractivity contribution in [2.75, 3.05) is 26.2 Å². The molecule has 92 valence electrons. The summed E-state index contributed by atoms with van der Waals surface area (Å²) in [6.45, 7) is 12.7. The summed E-state index contributed by atoms with van der Waals surface area (Å²) in [4.78, 5) is 14.7. The SMILES string of the molecule is CC1CNCC12CN(C(C)(C)C)CCC2=O. The van der Waals surface area contributed by atoms with Crippen molar-refractivity contribution < 1.29 is 4.79 Å². The van der Waals surface area contributed by atoms with Crippen molar-refractivity contribution in [3.63, 3.8) is 0 Å². The van der Waals surface area contributed by atoms with E-state index in [-0.39, 0.29) is 11.0 Å². The number of carbonyl (C=O) groups excluding carboxylic acids is 1. The standard InChI is InChI=1S/C13H24N2O/c1-10-7-14-8-13(10)9-15(12(2,3)4)6-5-11(13)16/h10,14H,5-9H2,1-4H3. The fourth-order valence-electron chi connectivity index (χ4n) is 3.03. The zero-order chi connectivity index (χ0) is 12.0. The molecule has 0 aromatic heterocycles. The summed E-state index contributed by atoms with van der Waals surface area (Å²) in [5.41, 5.74) is 0.0710. The van der Waals surface area contributed by atoms with Crippen molar-refractivity contribution >= 4 is 5.78 Å². The highest BCUT2D eigenvalue weighted by molar-refractivity contribution is 5.87. The lowest BCUT2D eigenvalue weighted by Crippen LogP contribution is -2.58. The van der Waals surface area contributed by atoms with E-state index >= 15 is 0 Å². The lowest BCUT2D eigenvalue weighted by atomic mass is 9.71. The van der Waals surface area contributed by atoms with Gasteiger partial charge in [0.05, 0.1) is 5.41 Å². The van der Waals surface area contributed by atoms with Crippen LogP contribution in [0.15, 0.2) is 0 Å². The van der Waals surface area contributed by atoms with Crippen LogP contribution in [0.2, 0.25) is 0 Å². The minimum atomic E-state index is -0.106. The predicted octanol–water partition coefficient (Wildman–Crippen LogP) is 1.29. The van der Waals surface area contributed by atoms with Crippen molar-refractivity contribution in [2.24, 2.45) is 11.3 Å². The van der Waals surface area contributed by atoms with Crippen LogP contribution in [0.25, 0.3) is 0 Å². The smallest absolute Gasteiger partial charge is 0.143 e. The summed E-state index contributed by atoms with van der Waals surface area (Å²) in [6, 6.07) is 0. The van der Waals surface area contributed by atoms with Gasteiger partial charge in [0.1, 0.15) is 5.78 Å². The van der Waals surface area contributed by atoms with E-state index in [1.54, 1.807) is 0 Å². The molecule has 1 N–H and O–H groups in total. The van der Waals surface area contributed by atoms with Crippen molar-refractivity contribution in [3.8, 4) is 0 Å². The van der Waals surface area contributed by atoms with E-state index in [2.05, 4.69) is 37.9 Å².